The number of hydrogen-bond acceptors (Lipinski definition) is 1. The van der Waals surface area contributed by atoms with E-state index in [1.165, 1.54) is 55.6 Å². The van der Waals surface area contributed by atoms with Gasteiger partial charge in [0.15, 0.2) is 0 Å². The molecule has 1 nitrogen and oxygen atoms in total. The first kappa shape index (κ1) is 27.9. The Morgan fingerprint density at radius 2 is 0.957 bits per heavy atom. The third-order valence-corrected chi connectivity index (χ3v) is 9.47. The Morgan fingerprint density at radius 3 is 1.61 bits per heavy atom. The third-order valence-electron chi connectivity index (χ3n) is 9.47. The van der Waals surface area contributed by atoms with Crippen molar-refractivity contribution in [2.75, 3.05) is 4.90 Å². The zero-order chi connectivity index (χ0) is 31.1. The van der Waals surface area contributed by atoms with E-state index in [4.69, 9.17) is 0 Å². The van der Waals surface area contributed by atoms with Crippen LogP contribution in [-0.2, 0) is 5.41 Å². The lowest BCUT2D eigenvalue weighted by Crippen LogP contribution is -2.15. The van der Waals surface area contributed by atoms with E-state index in [-0.39, 0.29) is 5.41 Å². The van der Waals surface area contributed by atoms with Gasteiger partial charge < -0.3 is 4.90 Å². The van der Waals surface area contributed by atoms with Gasteiger partial charge in [-0.2, -0.15) is 0 Å². The first-order valence-electron chi connectivity index (χ1n) is 16.0. The Bertz CT molecular complexity index is 2150. The normalized spacial score (nSPS) is 12.7. The number of nitrogens with zero attached hydrogens (tertiary/aromatic N) is 1. The maximum atomic E-state index is 2.42. The molecule has 0 fully saturated rings. The van der Waals surface area contributed by atoms with Crippen LogP contribution in [0, 0.1) is 0 Å². The van der Waals surface area contributed by atoms with Gasteiger partial charge in [0.25, 0.3) is 0 Å². The molecule has 7 aromatic rings. The predicted molar refractivity (Wildman–Crippen MR) is 195 cm³/mol. The van der Waals surface area contributed by atoms with E-state index in [0.717, 1.165) is 17.1 Å². The quantitative estimate of drug-likeness (QED) is 0.186. The Morgan fingerprint density at radius 1 is 0.370 bits per heavy atom. The second kappa shape index (κ2) is 11.4. The Kier molecular flexibility index (Phi) is 6.88. The number of hydrogen-bond donors (Lipinski definition) is 0. The van der Waals surface area contributed by atoms with Gasteiger partial charge in [0.2, 0.25) is 0 Å². The smallest absolute Gasteiger partial charge is 0.0540 e. The lowest BCUT2D eigenvalue weighted by molar-refractivity contribution is 0.660. The molecule has 7 aromatic carbocycles. The molecule has 8 rings (SSSR count). The summed E-state index contributed by atoms with van der Waals surface area (Å²) < 4.78 is 0. The van der Waals surface area contributed by atoms with Crippen molar-refractivity contribution in [1.29, 1.82) is 0 Å². The summed E-state index contributed by atoms with van der Waals surface area (Å²) in [5, 5.41) is 0. The molecule has 0 saturated carbocycles. The summed E-state index contributed by atoms with van der Waals surface area (Å²) in [5.74, 6) is 0. The summed E-state index contributed by atoms with van der Waals surface area (Å²) in [6, 6.07) is 63.8. The van der Waals surface area contributed by atoms with Crippen LogP contribution in [0.1, 0.15) is 25.0 Å². The molecule has 1 aliphatic rings. The van der Waals surface area contributed by atoms with Gasteiger partial charge >= 0.3 is 0 Å². The maximum absolute atomic E-state index is 2.42. The number of benzene rings is 7. The summed E-state index contributed by atoms with van der Waals surface area (Å²) in [4.78, 5) is 2.42. The lowest BCUT2D eigenvalue weighted by Gasteiger charge is -2.29. The molecule has 0 heterocycles. The van der Waals surface area contributed by atoms with Gasteiger partial charge in [0, 0.05) is 22.4 Å². The van der Waals surface area contributed by atoms with Gasteiger partial charge in [-0.1, -0.05) is 153 Å². The van der Waals surface area contributed by atoms with Gasteiger partial charge in [-0.05, 0) is 86.5 Å². The molecule has 0 spiro atoms. The number of fused-ring (bicyclic) bond motifs is 3. The highest BCUT2D eigenvalue weighted by molar-refractivity contribution is 5.96. The molecule has 46 heavy (non-hydrogen) atoms. The van der Waals surface area contributed by atoms with E-state index < -0.39 is 0 Å². The van der Waals surface area contributed by atoms with Crippen LogP contribution < -0.4 is 4.90 Å². The molecule has 0 aliphatic heterocycles. The summed E-state index contributed by atoms with van der Waals surface area (Å²) in [6.07, 6.45) is 0. The van der Waals surface area contributed by atoms with Gasteiger partial charge in [-0.25, -0.2) is 0 Å². The molecular formula is C45H35N. The van der Waals surface area contributed by atoms with Crippen LogP contribution in [-0.4, -0.2) is 0 Å². The van der Waals surface area contributed by atoms with E-state index in [0.29, 0.717) is 0 Å². The first-order chi connectivity index (χ1) is 22.6. The highest BCUT2D eigenvalue weighted by Crippen LogP contribution is 2.54. The molecule has 0 radical (unpaired) electrons. The molecule has 1 heteroatoms. The molecule has 0 atom stereocenters. The Balaban J connectivity index is 1.37. The van der Waals surface area contributed by atoms with Crippen LogP contribution in [0.3, 0.4) is 0 Å². The monoisotopic (exact) mass is 589 g/mol. The second-order valence-corrected chi connectivity index (χ2v) is 12.6. The molecule has 0 aromatic heterocycles. The molecule has 0 amide bonds. The first-order valence-corrected chi connectivity index (χ1v) is 16.0. The molecular weight excluding hydrogens is 555 g/mol. The minimum Gasteiger partial charge on any atom is -0.310 e. The molecule has 0 N–H and O–H groups in total. The zero-order valence-corrected chi connectivity index (χ0v) is 26.2. The molecule has 0 unspecified atom stereocenters. The standard InChI is InChI=1S/C45H35N/c1-45(2)41-28-27-37(31-40(41)44-38(24-15-25-42(44)45)33-18-9-4-10-19-33)46(36-22-13-6-14-23-36)43-29-26-35(32-16-7-3-8-17-32)30-39(43)34-20-11-5-12-21-34/h3-31H,1-2H3. The van der Waals surface area contributed by atoms with E-state index >= 15 is 0 Å². The van der Waals surface area contributed by atoms with Crippen LogP contribution >= 0.6 is 0 Å². The Hall–Kier alpha value is -5.66. The van der Waals surface area contributed by atoms with Gasteiger partial charge in [0.05, 0.1) is 5.69 Å². The summed E-state index contributed by atoms with van der Waals surface area (Å²) in [5.41, 5.74) is 16.0. The van der Waals surface area contributed by atoms with Gasteiger partial charge in [-0.3, -0.25) is 0 Å². The van der Waals surface area contributed by atoms with Crippen molar-refractivity contribution in [2.45, 2.75) is 19.3 Å². The molecule has 220 valence electrons. The lowest BCUT2D eigenvalue weighted by atomic mass is 9.82. The minimum absolute atomic E-state index is 0.0991. The van der Waals surface area contributed by atoms with Gasteiger partial charge in [0.1, 0.15) is 0 Å². The topological polar surface area (TPSA) is 3.24 Å². The third kappa shape index (κ3) is 4.73. The number of anilines is 3. The van der Waals surface area contributed by atoms with Crippen LogP contribution in [0.25, 0.3) is 44.5 Å². The summed E-state index contributed by atoms with van der Waals surface area (Å²) >= 11 is 0. The number of para-hydroxylation sites is 1. The molecule has 0 saturated heterocycles. The fourth-order valence-corrected chi connectivity index (χ4v) is 7.18. The average molecular weight is 590 g/mol. The number of rotatable bonds is 6. The fourth-order valence-electron chi connectivity index (χ4n) is 7.18. The van der Waals surface area contributed by atoms with Crippen molar-refractivity contribution in [3.8, 4) is 44.5 Å². The van der Waals surface area contributed by atoms with Crippen molar-refractivity contribution < 1.29 is 0 Å². The van der Waals surface area contributed by atoms with Crippen LogP contribution in [0.15, 0.2) is 176 Å². The largest absolute Gasteiger partial charge is 0.310 e. The summed E-state index contributed by atoms with van der Waals surface area (Å²) in [6.45, 7) is 4.72. The summed E-state index contributed by atoms with van der Waals surface area (Å²) in [7, 11) is 0. The maximum Gasteiger partial charge on any atom is 0.0540 e. The van der Waals surface area contributed by atoms with Crippen molar-refractivity contribution in [3.63, 3.8) is 0 Å². The SMILES string of the molecule is CC1(C)c2ccc(N(c3ccccc3)c3ccc(-c4ccccc4)cc3-c3ccccc3)cc2-c2c(-c3ccccc3)cccc21. The van der Waals surface area contributed by atoms with E-state index in [2.05, 4.69) is 195 Å². The van der Waals surface area contributed by atoms with Crippen LogP contribution in [0.5, 0.6) is 0 Å². The predicted octanol–water partition coefficient (Wildman–Crippen LogP) is 12.5. The molecule has 1 aliphatic carbocycles. The highest BCUT2D eigenvalue weighted by Gasteiger charge is 2.37. The van der Waals surface area contributed by atoms with E-state index in [1.807, 2.05) is 0 Å². The van der Waals surface area contributed by atoms with Crippen molar-refractivity contribution >= 4 is 17.1 Å². The highest BCUT2D eigenvalue weighted by atomic mass is 15.1. The van der Waals surface area contributed by atoms with Gasteiger partial charge in [-0.15, -0.1) is 0 Å². The Labute approximate surface area is 272 Å². The zero-order valence-electron chi connectivity index (χ0n) is 26.2. The molecule has 0 bridgehead atoms. The van der Waals surface area contributed by atoms with Crippen LogP contribution in [0.2, 0.25) is 0 Å². The van der Waals surface area contributed by atoms with E-state index in [1.54, 1.807) is 0 Å². The average Bonchev–Trinajstić information content (AvgIpc) is 3.36. The van der Waals surface area contributed by atoms with Crippen LogP contribution in [0.4, 0.5) is 17.1 Å². The van der Waals surface area contributed by atoms with Crippen molar-refractivity contribution in [2.24, 2.45) is 0 Å². The fraction of sp³-hybridized carbons (Fsp3) is 0.0667. The van der Waals surface area contributed by atoms with Crippen molar-refractivity contribution in [1.82, 2.24) is 0 Å². The second-order valence-electron chi connectivity index (χ2n) is 12.6. The van der Waals surface area contributed by atoms with E-state index in [9.17, 15) is 0 Å². The minimum atomic E-state index is -0.0991. The van der Waals surface area contributed by atoms with Crippen molar-refractivity contribution in [3.05, 3.63) is 187 Å².